The maximum absolute atomic E-state index is 13.1. The van der Waals surface area contributed by atoms with E-state index in [0.29, 0.717) is 5.56 Å². The zero-order valence-electron chi connectivity index (χ0n) is 11.7. The molecule has 3 nitrogen and oxygen atoms in total. The zero-order valence-corrected chi connectivity index (χ0v) is 12.4. The van der Waals surface area contributed by atoms with Gasteiger partial charge in [0.25, 0.3) is 0 Å². The van der Waals surface area contributed by atoms with Crippen LogP contribution in [-0.4, -0.2) is 13.1 Å². The van der Waals surface area contributed by atoms with Crippen LogP contribution in [0.4, 0.5) is 10.1 Å². The van der Waals surface area contributed by atoms with Gasteiger partial charge >= 0.3 is 5.97 Å². The maximum Gasteiger partial charge on any atom is 0.337 e. The Kier molecular flexibility index (Phi) is 4.81. The van der Waals surface area contributed by atoms with E-state index < -0.39 is 5.82 Å². The third-order valence-corrected chi connectivity index (χ3v) is 3.42. The van der Waals surface area contributed by atoms with Gasteiger partial charge in [0.1, 0.15) is 5.82 Å². The van der Waals surface area contributed by atoms with Crippen molar-refractivity contribution in [3.05, 3.63) is 64.4 Å². The van der Waals surface area contributed by atoms with Crippen molar-refractivity contribution in [1.29, 1.82) is 0 Å². The van der Waals surface area contributed by atoms with Crippen LogP contribution in [-0.2, 0) is 4.74 Å². The van der Waals surface area contributed by atoms with Crippen LogP contribution in [0.5, 0.6) is 0 Å². The van der Waals surface area contributed by atoms with Crippen molar-refractivity contribution >= 4 is 23.3 Å². The lowest BCUT2D eigenvalue weighted by Gasteiger charge is -2.16. The maximum atomic E-state index is 13.1. The third kappa shape index (κ3) is 3.73. The first-order valence-electron chi connectivity index (χ1n) is 6.41. The van der Waals surface area contributed by atoms with Gasteiger partial charge in [0.2, 0.25) is 0 Å². The van der Waals surface area contributed by atoms with Crippen molar-refractivity contribution in [3.8, 4) is 0 Å². The molecule has 1 atom stereocenters. The molecule has 0 aliphatic carbocycles. The molecule has 0 aliphatic rings. The van der Waals surface area contributed by atoms with Crippen LogP contribution < -0.4 is 5.32 Å². The number of hydrogen-bond donors (Lipinski definition) is 1. The van der Waals surface area contributed by atoms with Crippen LogP contribution in [0.2, 0.25) is 5.02 Å². The van der Waals surface area contributed by atoms with Gasteiger partial charge in [0.15, 0.2) is 0 Å². The van der Waals surface area contributed by atoms with Crippen molar-refractivity contribution < 1.29 is 13.9 Å². The van der Waals surface area contributed by atoms with Gasteiger partial charge in [-0.15, -0.1) is 0 Å². The predicted octanol–water partition coefficient (Wildman–Crippen LogP) is 4.44. The van der Waals surface area contributed by atoms with E-state index >= 15 is 0 Å². The number of esters is 1. The van der Waals surface area contributed by atoms with Crippen LogP contribution in [0.3, 0.4) is 0 Å². The molecule has 1 N–H and O–H groups in total. The molecular weight excluding hydrogens is 293 g/mol. The molecule has 0 radical (unpaired) electrons. The van der Waals surface area contributed by atoms with Gasteiger partial charge in [-0.1, -0.05) is 17.7 Å². The smallest absolute Gasteiger partial charge is 0.337 e. The number of nitrogens with one attached hydrogen (secondary N) is 1. The number of methoxy groups -OCH3 is 1. The van der Waals surface area contributed by atoms with E-state index in [1.54, 1.807) is 36.4 Å². The van der Waals surface area contributed by atoms with Crippen LogP contribution >= 0.6 is 11.6 Å². The number of rotatable bonds is 4. The largest absolute Gasteiger partial charge is 0.465 e. The third-order valence-electron chi connectivity index (χ3n) is 3.13. The van der Waals surface area contributed by atoms with Gasteiger partial charge in [0, 0.05) is 11.7 Å². The summed E-state index contributed by atoms with van der Waals surface area (Å²) in [5.41, 5.74) is 2.20. The molecule has 2 aromatic carbocycles. The molecule has 0 amide bonds. The highest BCUT2D eigenvalue weighted by atomic mass is 35.5. The van der Waals surface area contributed by atoms with Crippen LogP contribution in [0.25, 0.3) is 0 Å². The number of anilines is 1. The van der Waals surface area contributed by atoms with Crippen LogP contribution in [0, 0.1) is 5.82 Å². The van der Waals surface area contributed by atoms with E-state index in [2.05, 4.69) is 10.1 Å². The Hall–Kier alpha value is -2.07. The molecule has 2 aromatic rings. The lowest BCUT2D eigenvalue weighted by Crippen LogP contribution is -2.07. The first kappa shape index (κ1) is 15.3. The number of carbonyl (C=O) groups excluding carboxylic acids is 1. The van der Waals surface area contributed by atoms with Crippen molar-refractivity contribution in [3.63, 3.8) is 0 Å². The van der Waals surface area contributed by atoms with Gasteiger partial charge in [-0.3, -0.25) is 0 Å². The summed E-state index contributed by atoms with van der Waals surface area (Å²) in [5.74, 6) is -0.810. The Balaban J connectivity index is 2.10. The molecule has 0 aliphatic heterocycles. The molecule has 0 bridgehead atoms. The topological polar surface area (TPSA) is 38.3 Å². The van der Waals surface area contributed by atoms with Crippen molar-refractivity contribution in [2.24, 2.45) is 0 Å². The summed E-state index contributed by atoms with van der Waals surface area (Å²) >= 11 is 5.78. The molecule has 110 valence electrons. The molecule has 0 aromatic heterocycles. The predicted molar refractivity (Wildman–Crippen MR) is 81.2 cm³/mol. The molecule has 0 heterocycles. The van der Waals surface area contributed by atoms with Crippen molar-refractivity contribution in [1.82, 2.24) is 0 Å². The second-order valence-corrected chi connectivity index (χ2v) is 5.02. The summed E-state index contributed by atoms with van der Waals surface area (Å²) in [6.07, 6.45) is 0. The summed E-state index contributed by atoms with van der Waals surface area (Å²) in [7, 11) is 1.34. The molecule has 0 saturated heterocycles. The Morgan fingerprint density at radius 2 is 1.90 bits per heavy atom. The number of hydrogen-bond acceptors (Lipinski definition) is 3. The highest BCUT2D eigenvalue weighted by Crippen LogP contribution is 2.24. The Labute approximate surface area is 127 Å². The molecule has 2 rings (SSSR count). The highest BCUT2D eigenvalue weighted by molar-refractivity contribution is 6.30. The zero-order chi connectivity index (χ0) is 15.4. The molecule has 21 heavy (non-hydrogen) atoms. The van der Waals surface area contributed by atoms with E-state index in [1.165, 1.54) is 13.2 Å². The monoisotopic (exact) mass is 307 g/mol. The van der Waals surface area contributed by atoms with E-state index in [0.717, 1.165) is 11.3 Å². The normalized spacial score (nSPS) is 11.8. The fourth-order valence-electron chi connectivity index (χ4n) is 1.94. The van der Waals surface area contributed by atoms with Crippen molar-refractivity contribution in [2.45, 2.75) is 13.0 Å². The number of ether oxygens (including phenoxy) is 1. The quantitative estimate of drug-likeness (QED) is 0.849. The molecule has 0 fully saturated rings. The highest BCUT2D eigenvalue weighted by Gasteiger charge is 2.09. The second-order valence-electron chi connectivity index (χ2n) is 4.61. The molecule has 5 heteroatoms. The molecule has 0 saturated carbocycles. The first-order chi connectivity index (χ1) is 10.0. The SMILES string of the molecule is COC(=O)c1ccc(NC(C)c2ccc(F)c(Cl)c2)cc1. The van der Waals surface area contributed by atoms with Gasteiger partial charge in [-0.25, -0.2) is 9.18 Å². The van der Waals surface area contributed by atoms with Crippen LogP contribution in [0.1, 0.15) is 28.9 Å². The van der Waals surface area contributed by atoms with Gasteiger partial charge in [-0.2, -0.15) is 0 Å². The van der Waals surface area contributed by atoms with Crippen molar-refractivity contribution in [2.75, 3.05) is 12.4 Å². The minimum atomic E-state index is -0.435. The van der Waals surface area contributed by atoms with Gasteiger partial charge < -0.3 is 10.1 Å². The summed E-state index contributed by atoms with van der Waals surface area (Å²) in [6.45, 7) is 1.94. The standard InChI is InChI=1S/C16H15ClFNO2/c1-10(12-5-8-15(18)14(17)9-12)19-13-6-3-11(4-7-13)16(20)21-2/h3-10,19H,1-2H3. The lowest BCUT2D eigenvalue weighted by molar-refractivity contribution is 0.0601. The fraction of sp³-hybridized carbons (Fsp3) is 0.188. The average molecular weight is 308 g/mol. The van der Waals surface area contributed by atoms with E-state index in [4.69, 9.17) is 11.6 Å². The Bertz CT molecular complexity index is 643. The molecular formula is C16H15ClFNO2. The summed E-state index contributed by atoms with van der Waals surface area (Å²) in [4.78, 5) is 11.3. The van der Waals surface area contributed by atoms with Gasteiger partial charge in [-0.05, 0) is 48.9 Å². The van der Waals surface area contributed by atoms with E-state index in [-0.39, 0.29) is 17.0 Å². The van der Waals surface area contributed by atoms with Gasteiger partial charge in [0.05, 0.1) is 17.7 Å². The number of carbonyl (C=O) groups is 1. The Morgan fingerprint density at radius 1 is 1.24 bits per heavy atom. The minimum absolute atomic E-state index is 0.0490. The fourth-order valence-corrected chi connectivity index (χ4v) is 2.12. The molecule has 0 spiro atoms. The Morgan fingerprint density at radius 3 is 2.48 bits per heavy atom. The first-order valence-corrected chi connectivity index (χ1v) is 6.79. The summed E-state index contributed by atoms with van der Waals surface area (Å²) in [6, 6.07) is 11.5. The summed E-state index contributed by atoms with van der Waals surface area (Å²) in [5, 5.41) is 3.36. The number of benzene rings is 2. The molecule has 1 unspecified atom stereocenters. The lowest BCUT2D eigenvalue weighted by atomic mass is 10.1. The van der Waals surface area contributed by atoms with E-state index in [1.807, 2.05) is 6.92 Å². The summed E-state index contributed by atoms with van der Waals surface area (Å²) < 4.78 is 17.8. The second kappa shape index (κ2) is 6.59. The minimum Gasteiger partial charge on any atom is -0.465 e. The number of halogens is 2. The average Bonchev–Trinajstić information content (AvgIpc) is 2.50. The van der Waals surface area contributed by atoms with E-state index in [9.17, 15) is 9.18 Å². The van der Waals surface area contributed by atoms with Crippen LogP contribution in [0.15, 0.2) is 42.5 Å².